The van der Waals surface area contributed by atoms with E-state index in [9.17, 15) is 0 Å². The Morgan fingerprint density at radius 1 is 1.14 bits per heavy atom. The molecular weight excluding hydrogens is 300 g/mol. The molecule has 0 saturated heterocycles. The fourth-order valence-corrected chi connectivity index (χ4v) is 3.69. The van der Waals surface area contributed by atoms with Gasteiger partial charge in [-0.3, -0.25) is 0 Å². The lowest BCUT2D eigenvalue weighted by molar-refractivity contribution is 1.01. The second-order valence-electron chi connectivity index (χ2n) is 2.33. The highest BCUT2D eigenvalue weighted by atomic mass is 79.9. The monoisotopic (exact) mass is 304 g/mol. The molecule has 6 heteroatoms. The van der Waals surface area contributed by atoms with Gasteiger partial charge in [0.2, 0.25) is 0 Å². The van der Waals surface area contributed by atoms with E-state index in [2.05, 4.69) is 38.3 Å². The number of benzene rings is 1. The lowest BCUT2D eigenvalue weighted by atomic mass is 10.4. The summed E-state index contributed by atoms with van der Waals surface area (Å²) in [4.78, 5) is 1.22. The maximum Gasteiger partial charge on any atom is 0.184 e. The van der Waals surface area contributed by atoms with Crippen molar-refractivity contribution in [3.63, 3.8) is 0 Å². The zero-order valence-corrected chi connectivity index (χ0v) is 10.9. The van der Waals surface area contributed by atoms with E-state index in [4.69, 9.17) is 0 Å². The largest absolute Gasteiger partial charge is 0.184 e. The van der Waals surface area contributed by atoms with Crippen LogP contribution in [-0.2, 0) is 0 Å². The summed E-state index contributed by atoms with van der Waals surface area (Å²) in [5, 5.41) is 7.73. The molecule has 2 aromatic rings. The van der Waals surface area contributed by atoms with Gasteiger partial charge in [0.25, 0.3) is 0 Å². The third kappa shape index (κ3) is 2.98. The summed E-state index contributed by atoms with van der Waals surface area (Å²) in [7, 11) is 3.32. The molecule has 0 spiro atoms. The number of halogens is 1. The van der Waals surface area contributed by atoms with Crippen LogP contribution in [0.5, 0.6) is 0 Å². The summed E-state index contributed by atoms with van der Waals surface area (Å²) in [6.45, 7) is 0. The molecule has 2 rings (SSSR count). The van der Waals surface area contributed by atoms with Crippen LogP contribution < -0.4 is 0 Å². The van der Waals surface area contributed by atoms with Crippen molar-refractivity contribution in [2.24, 2.45) is 0 Å². The van der Waals surface area contributed by atoms with E-state index in [0.29, 0.717) is 0 Å². The van der Waals surface area contributed by atoms with Gasteiger partial charge in [-0.15, -0.1) is 10.2 Å². The molecule has 14 heavy (non-hydrogen) atoms. The second kappa shape index (κ2) is 5.16. The van der Waals surface area contributed by atoms with Gasteiger partial charge in [-0.2, -0.15) is 0 Å². The standard InChI is InChI=1S/C8H5BrN2S3/c9-6-1-3-7(4-2-6)13-14-8-11-10-5-12-8/h1-5H. The first-order valence-electron chi connectivity index (χ1n) is 3.71. The fraction of sp³-hybridized carbons (Fsp3) is 0. The summed E-state index contributed by atoms with van der Waals surface area (Å²) >= 11 is 4.95. The molecule has 0 bridgehead atoms. The molecule has 1 heterocycles. The highest BCUT2D eigenvalue weighted by molar-refractivity contribution is 9.10. The van der Waals surface area contributed by atoms with Crippen molar-refractivity contribution in [1.29, 1.82) is 0 Å². The van der Waals surface area contributed by atoms with Gasteiger partial charge in [0.1, 0.15) is 5.51 Å². The molecule has 0 unspecified atom stereocenters. The lowest BCUT2D eigenvalue weighted by Crippen LogP contribution is -1.69. The fourth-order valence-electron chi connectivity index (χ4n) is 0.773. The number of hydrogen-bond donors (Lipinski definition) is 0. The Morgan fingerprint density at radius 3 is 2.57 bits per heavy atom. The third-order valence-electron chi connectivity index (χ3n) is 1.36. The Morgan fingerprint density at radius 2 is 1.93 bits per heavy atom. The zero-order chi connectivity index (χ0) is 9.80. The molecule has 0 aliphatic heterocycles. The SMILES string of the molecule is Brc1ccc(SSc2nncs2)cc1. The molecule has 0 radical (unpaired) electrons. The summed E-state index contributed by atoms with van der Waals surface area (Å²) in [5.74, 6) is 0. The van der Waals surface area contributed by atoms with Crippen molar-refractivity contribution < 1.29 is 0 Å². The molecule has 2 nitrogen and oxygen atoms in total. The lowest BCUT2D eigenvalue weighted by Gasteiger charge is -1.97. The average molecular weight is 305 g/mol. The summed E-state index contributed by atoms with van der Waals surface area (Å²) in [5.41, 5.74) is 1.74. The third-order valence-corrected chi connectivity index (χ3v) is 5.30. The first-order valence-corrected chi connectivity index (χ1v) is 7.53. The quantitative estimate of drug-likeness (QED) is 0.797. The van der Waals surface area contributed by atoms with Crippen LogP contribution in [0, 0.1) is 0 Å². The Balaban J connectivity index is 1.95. The summed E-state index contributed by atoms with van der Waals surface area (Å²) < 4.78 is 2.08. The Kier molecular flexibility index (Phi) is 3.86. The molecule has 1 aromatic carbocycles. The van der Waals surface area contributed by atoms with Crippen molar-refractivity contribution in [3.8, 4) is 0 Å². The van der Waals surface area contributed by atoms with Crippen molar-refractivity contribution in [1.82, 2.24) is 10.2 Å². The minimum absolute atomic E-state index is 0.984. The molecule has 0 aliphatic rings. The molecule has 72 valence electrons. The van der Waals surface area contributed by atoms with Crippen LogP contribution in [-0.4, -0.2) is 10.2 Å². The minimum Gasteiger partial charge on any atom is -0.146 e. The van der Waals surface area contributed by atoms with Gasteiger partial charge < -0.3 is 0 Å². The molecule has 1 aromatic heterocycles. The van der Waals surface area contributed by atoms with E-state index >= 15 is 0 Å². The van der Waals surface area contributed by atoms with Crippen LogP contribution in [0.4, 0.5) is 0 Å². The predicted molar refractivity (Wildman–Crippen MR) is 65.8 cm³/mol. The van der Waals surface area contributed by atoms with Gasteiger partial charge in [-0.1, -0.05) is 38.1 Å². The van der Waals surface area contributed by atoms with E-state index in [0.717, 1.165) is 8.81 Å². The van der Waals surface area contributed by atoms with Crippen LogP contribution in [0.15, 0.2) is 43.5 Å². The van der Waals surface area contributed by atoms with Crippen LogP contribution in [0.2, 0.25) is 0 Å². The minimum atomic E-state index is 0.984. The van der Waals surface area contributed by atoms with Crippen molar-refractivity contribution >= 4 is 48.9 Å². The van der Waals surface area contributed by atoms with Crippen LogP contribution in [0.25, 0.3) is 0 Å². The molecular formula is C8H5BrN2S3. The average Bonchev–Trinajstić information content (AvgIpc) is 2.70. The van der Waals surface area contributed by atoms with Gasteiger partial charge in [0, 0.05) is 9.37 Å². The highest BCUT2D eigenvalue weighted by Crippen LogP contribution is 2.37. The highest BCUT2D eigenvalue weighted by Gasteiger charge is 1.99. The zero-order valence-electron chi connectivity index (χ0n) is 6.88. The topological polar surface area (TPSA) is 25.8 Å². The smallest absolute Gasteiger partial charge is 0.146 e. The van der Waals surface area contributed by atoms with Gasteiger partial charge >= 0.3 is 0 Å². The van der Waals surface area contributed by atoms with E-state index in [-0.39, 0.29) is 0 Å². The number of hydrogen-bond acceptors (Lipinski definition) is 5. The van der Waals surface area contributed by atoms with Crippen LogP contribution in [0.3, 0.4) is 0 Å². The van der Waals surface area contributed by atoms with E-state index < -0.39 is 0 Å². The van der Waals surface area contributed by atoms with Crippen molar-refractivity contribution in [2.75, 3.05) is 0 Å². The maximum atomic E-state index is 3.95. The second-order valence-corrected chi connectivity index (χ2v) is 6.52. The predicted octanol–water partition coefficient (Wildman–Crippen LogP) is 4.10. The van der Waals surface area contributed by atoms with Gasteiger partial charge in [-0.25, -0.2) is 0 Å². The van der Waals surface area contributed by atoms with E-state index in [1.54, 1.807) is 38.4 Å². The molecule has 0 saturated carbocycles. The Bertz CT molecular complexity index is 387. The Labute approximate surface area is 102 Å². The van der Waals surface area contributed by atoms with Crippen LogP contribution in [0.1, 0.15) is 0 Å². The van der Waals surface area contributed by atoms with Gasteiger partial charge in [0.15, 0.2) is 4.34 Å². The van der Waals surface area contributed by atoms with E-state index in [1.165, 1.54) is 4.90 Å². The number of nitrogens with zero attached hydrogens (tertiary/aromatic N) is 2. The number of aromatic nitrogens is 2. The van der Waals surface area contributed by atoms with E-state index in [1.807, 2.05) is 12.1 Å². The first-order chi connectivity index (χ1) is 6.84. The molecule has 0 amide bonds. The van der Waals surface area contributed by atoms with Crippen molar-refractivity contribution in [3.05, 3.63) is 34.2 Å². The molecule has 0 aliphatic carbocycles. The summed E-state index contributed by atoms with van der Waals surface area (Å²) in [6.07, 6.45) is 0. The molecule has 0 N–H and O–H groups in total. The van der Waals surface area contributed by atoms with Crippen LogP contribution >= 0.6 is 48.9 Å². The summed E-state index contributed by atoms with van der Waals surface area (Å²) in [6, 6.07) is 8.21. The maximum absolute atomic E-state index is 3.95. The number of rotatable bonds is 3. The first kappa shape index (κ1) is 10.5. The molecule has 0 atom stereocenters. The van der Waals surface area contributed by atoms with Gasteiger partial charge in [-0.05, 0) is 35.1 Å². The van der Waals surface area contributed by atoms with Gasteiger partial charge in [0.05, 0.1) is 0 Å². The Hall–Kier alpha value is -0.0400. The normalized spacial score (nSPS) is 10.4. The van der Waals surface area contributed by atoms with Crippen molar-refractivity contribution in [2.45, 2.75) is 9.24 Å². The molecule has 0 fully saturated rings.